The molecule has 15 heavy (non-hydrogen) atoms. The van der Waals surface area contributed by atoms with Crippen LogP contribution in [0.15, 0.2) is 24.3 Å². The molecule has 1 aliphatic carbocycles. The minimum atomic E-state index is -0.315. The lowest BCUT2D eigenvalue weighted by atomic mass is 9.58. The molecule has 1 saturated carbocycles. The Balaban J connectivity index is 3.04. The van der Waals surface area contributed by atoms with Crippen LogP contribution in [0.3, 0.4) is 0 Å². The molecule has 0 radical (unpaired) electrons. The summed E-state index contributed by atoms with van der Waals surface area (Å²) in [5.74, 6) is 0.372. The van der Waals surface area contributed by atoms with Crippen molar-refractivity contribution in [2.75, 3.05) is 0 Å². The van der Waals surface area contributed by atoms with E-state index in [-0.39, 0.29) is 10.8 Å². The Morgan fingerprint density at radius 1 is 1.40 bits per heavy atom. The molecular weight excluding hydrogens is 184 g/mol. The van der Waals surface area contributed by atoms with E-state index in [2.05, 4.69) is 33.4 Å². The molecule has 0 aromatic carbocycles. The van der Waals surface area contributed by atoms with Crippen LogP contribution >= 0.6 is 0 Å². The Labute approximate surface area is 93.3 Å². The predicted molar refractivity (Wildman–Crippen MR) is 64.7 cm³/mol. The van der Waals surface area contributed by atoms with Crippen molar-refractivity contribution >= 4 is 5.78 Å². The monoisotopic (exact) mass is 206 g/mol. The third-order valence-corrected chi connectivity index (χ3v) is 3.89. The number of carbonyl (C=O) groups excluding carboxylic acids is 1. The van der Waals surface area contributed by atoms with Gasteiger partial charge in [0.2, 0.25) is 0 Å². The summed E-state index contributed by atoms with van der Waals surface area (Å²) in [5, 5.41) is 0. The van der Waals surface area contributed by atoms with Gasteiger partial charge in [-0.15, -0.1) is 0 Å². The number of Topliss-reactive ketones (excluding diaryl/α,β-unsaturated/α-hetero) is 1. The molecule has 1 heteroatoms. The SMILES string of the molecule is C=C(C)/C=C/C1(C)C(=O)CCCC1(C)C. The molecule has 1 rings (SSSR count). The topological polar surface area (TPSA) is 17.1 Å². The Morgan fingerprint density at radius 2 is 2.00 bits per heavy atom. The van der Waals surface area contributed by atoms with Crippen LogP contribution in [-0.4, -0.2) is 5.78 Å². The first kappa shape index (κ1) is 12.2. The van der Waals surface area contributed by atoms with Gasteiger partial charge in [0.15, 0.2) is 0 Å². The summed E-state index contributed by atoms with van der Waals surface area (Å²) in [5.41, 5.74) is 0.753. The smallest absolute Gasteiger partial charge is 0.143 e. The summed E-state index contributed by atoms with van der Waals surface area (Å²) >= 11 is 0. The van der Waals surface area contributed by atoms with Crippen LogP contribution in [0.1, 0.15) is 47.0 Å². The maximum Gasteiger partial charge on any atom is 0.143 e. The molecule has 0 aromatic heterocycles. The number of allylic oxidation sites excluding steroid dienone is 3. The van der Waals surface area contributed by atoms with Gasteiger partial charge in [-0.25, -0.2) is 0 Å². The fraction of sp³-hybridized carbons (Fsp3) is 0.643. The highest BCUT2D eigenvalue weighted by Crippen LogP contribution is 2.49. The minimum Gasteiger partial charge on any atom is -0.299 e. The molecule has 0 aromatic rings. The van der Waals surface area contributed by atoms with E-state index in [9.17, 15) is 4.79 Å². The van der Waals surface area contributed by atoms with Crippen LogP contribution in [0.25, 0.3) is 0 Å². The van der Waals surface area contributed by atoms with E-state index < -0.39 is 0 Å². The van der Waals surface area contributed by atoms with Gasteiger partial charge in [-0.1, -0.05) is 38.2 Å². The lowest BCUT2D eigenvalue weighted by molar-refractivity contribution is -0.134. The first-order valence-corrected chi connectivity index (χ1v) is 5.68. The Morgan fingerprint density at radius 3 is 2.47 bits per heavy atom. The van der Waals surface area contributed by atoms with E-state index >= 15 is 0 Å². The van der Waals surface area contributed by atoms with Gasteiger partial charge < -0.3 is 0 Å². The van der Waals surface area contributed by atoms with Gasteiger partial charge in [0.05, 0.1) is 0 Å². The number of hydrogen-bond donors (Lipinski definition) is 0. The Hall–Kier alpha value is -0.850. The summed E-state index contributed by atoms with van der Waals surface area (Å²) in [4.78, 5) is 12.1. The van der Waals surface area contributed by atoms with Crippen molar-refractivity contribution in [1.82, 2.24) is 0 Å². The van der Waals surface area contributed by atoms with Crippen LogP contribution in [0, 0.1) is 10.8 Å². The fourth-order valence-corrected chi connectivity index (χ4v) is 2.22. The van der Waals surface area contributed by atoms with Gasteiger partial charge in [0.1, 0.15) is 5.78 Å². The minimum absolute atomic E-state index is 0.0638. The van der Waals surface area contributed by atoms with E-state index in [1.165, 1.54) is 0 Å². The quantitative estimate of drug-likeness (QED) is 0.626. The summed E-state index contributed by atoms with van der Waals surface area (Å²) in [6.45, 7) is 12.2. The number of hydrogen-bond acceptors (Lipinski definition) is 1. The Kier molecular flexibility index (Phi) is 3.22. The van der Waals surface area contributed by atoms with Crippen molar-refractivity contribution in [2.24, 2.45) is 10.8 Å². The molecule has 0 amide bonds. The van der Waals surface area contributed by atoms with E-state index in [4.69, 9.17) is 0 Å². The Bertz CT molecular complexity index is 309. The van der Waals surface area contributed by atoms with Gasteiger partial charge in [-0.2, -0.15) is 0 Å². The van der Waals surface area contributed by atoms with Crippen LogP contribution in [-0.2, 0) is 4.79 Å². The molecule has 0 spiro atoms. The number of ketones is 1. The van der Waals surface area contributed by atoms with Gasteiger partial charge in [0.25, 0.3) is 0 Å². The van der Waals surface area contributed by atoms with Gasteiger partial charge in [0, 0.05) is 11.8 Å². The molecule has 1 fully saturated rings. The lowest BCUT2D eigenvalue weighted by Gasteiger charge is -2.45. The maximum atomic E-state index is 12.1. The average molecular weight is 206 g/mol. The van der Waals surface area contributed by atoms with Gasteiger partial charge in [-0.05, 0) is 32.1 Å². The summed E-state index contributed by atoms with van der Waals surface area (Å²) in [6.07, 6.45) is 6.90. The van der Waals surface area contributed by atoms with Crippen LogP contribution < -0.4 is 0 Å². The second kappa shape index (κ2) is 3.96. The molecule has 84 valence electrons. The van der Waals surface area contributed by atoms with E-state index in [1.54, 1.807) is 0 Å². The zero-order valence-electron chi connectivity index (χ0n) is 10.4. The summed E-state index contributed by atoms with van der Waals surface area (Å²) in [7, 11) is 0. The first-order valence-electron chi connectivity index (χ1n) is 5.68. The number of rotatable bonds is 2. The molecule has 1 aliphatic rings. The third kappa shape index (κ3) is 2.22. The third-order valence-electron chi connectivity index (χ3n) is 3.89. The van der Waals surface area contributed by atoms with Gasteiger partial charge in [-0.3, -0.25) is 4.79 Å². The van der Waals surface area contributed by atoms with Crippen molar-refractivity contribution in [3.05, 3.63) is 24.3 Å². The van der Waals surface area contributed by atoms with E-state index in [0.717, 1.165) is 24.8 Å². The highest BCUT2D eigenvalue weighted by molar-refractivity contribution is 5.88. The van der Waals surface area contributed by atoms with Crippen molar-refractivity contribution in [1.29, 1.82) is 0 Å². The van der Waals surface area contributed by atoms with Crippen LogP contribution in [0.4, 0.5) is 0 Å². The molecule has 0 bridgehead atoms. The zero-order valence-corrected chi connectivity index (χ0v) is 10.4. The highest BCUT2D eigenvalue weighted by atomic mass is 16.1. The second-order valence-corrected chi connectivity index (χ2v) is 5.54. The largest absolute Gasteiger partial charge is 0.299 e. The van der Waals surface area contributed by atoms with Crippen molar-refractivity contribution in [3.8, 4) is 0 Å². The molecule has 0 N–H and O–H groups in total. The molecule has 0 aliphatic heterocycles. The van der Waals surface area contributed by atoms with Gasteiger partial charge >= 0.3 is 0 Å². The summed E-state index contributed by atoms with van der Waals surface area (Å²) in [6, 6.07) is 0. The average Bonchev–Trinajstić information content (AvgIpc) is 2.11. The maximum absolute atomic E-state index is 12.1. The number of carbonyl (C=O) groups is 1. The predicted octanol–water partition coefficient (Wildman–Crippen LogP) is 3.90. The molecule has 0 saturated heterocycles. The fourth-order valence-electron chi connectivity index (χ4n) is 2.22. The van der Waals surface area contributed by atoms with Crippen LogP contribution in [0.2, 0.25) is 0 Å². The highest BCUT2D eigenvalue weighted by Gasteiger charge is 2.46. The molecular formula is C14H22O. The zero-order chi connectivity index (χ0) is 11.7. The molecule has 1 unspecified atom stereocenters. The standard InChI is InChI=1S/C14H22O/c1-11(2)8-10-14(5)12(15)7-6-9-13(14,3)4/h8,10H,1,6-7,9H2,2-5H3/b10-8+. The normalized spacial score (nSPS) is 30.8. The van der Waals surface area contributed by atoms with E-state index in [1.807, 2.05) is 13.0 Å². The molecule has 1 nitrogen and oxygen atoms in total. The molecule has 0 heterocycles. The van der Waals surface area contributed by atoms with Crippen molar-refractivity contribution < 1.29 is 4.79 Å². The lowest BCUT2D eigenvalue weighted by Crippen LogP contribution is -2.43. The van der Waals surface area contributed by atoms with Crippen molar-refractivity contribution in [2.45, 2.75) is 47.0 Å². The van der Waals surface area contributed by atoms with E-state index in [0.29, 0.717) is 5.78 Å². The first-order chi connectivity index (χ1) is 6.79. The van der Waals surface area contributed by atoms with Crippen molar-refractivity contribution in [3.63, 3.8) is 0 Å². The molecule has 1 atom stereocenters. The summed E-state index contributed by atoms with van der Waals surface area (Å²) < 4.78 is 0. The second-order valence-electron chi connectivity index (χ2n) is 5.54. The van der Waals surface area contributed by atoms with Crippen LogP contribution in [0.5, 0.6) is 0 Å².